The van der Waals surface area contributed by atoms with E-state index in [2.05, 4.69) is 12.2 Å². The Bertz CT molecular complexity index is 353. The highest BCUT2D eigenvalue weighted by molar-refractivity contribution is 5.80. The van der Waals surface area contributed by atoms with Gasteiger partial charge >= 0.3 is 5.97 Å². The van der Waals surface area contributed by atoms with Gasteiger partial charge in [-0.1, -0.05) is 6.92 Å². The molecule has 20 heavy (non-hydrogen) atoms. The number of morpholine rings is 1. The van der Waals surface area contributed by atoms with Crippen molar-refractivity contribution in [1.82, 2.24) is 10.2 Å². The van der Waals surface area contributed by atoms with E-state index in [1.807, 2.05) is 0 Å². The number of rotatable bonds is 4. The SMILES string of the molecule is CC1CCC(NC(=O)CN2CCOCC2C(=O)O)CC1. The maximum Gasteiger partial charge on any atom is 0.323 e. The Balaban J connectivity index is 1.79. The van der Waals surface area contributed by atoms with Crippen LogP contribution in [0.15, 0.2) is 0 Å². The van der Waals surface area contributed by atoms with Crippen LogP contribution in [0, 0.1) is 5.92 Å². The summed E-state index contributed by atoms with van der Waals surface area (Å²) in [6.07, 6.45) is 4.36. The number of carbonyl (C=O) groups excluding carboxylic acids is 1. The summed E-state index contributed by atoms with van der Waals surface area (Å²) in [5, 5.41) is 12.2. The van der Waals surface area contributed by atoms with Crippen molar-refractivity contribution in [3.63, 3.8) is 0 Å². The van der Waals surface area contributed by atoms with E-state index in [1.165, 1.54) is 0 Å². The van der Waals surface area contributed by atoms with Gasteiger partial charge in [0, 0.05) is 12.6 Å². The summed E-state index contributed by atoms with van der Waals surface area (Å²) in [4.78, 5) is 24.8. The van der Waals surface area contributed by atoms with Gasteiger partial charge in [0.2, 0.25) is 5.91 Å². The topological polar surface area (TPSA) is 78.9 Å². The minimum absolute atomic E-state index is 0.0716. The first-order valence-electron chi connectivity index (χ1n) is 7.40. The maximum atomic E-state index is 12.0. The number of amides is 1. The van der Waals surface area contributed by atoms with Crippen LogP contribution in [0.2, 0.25) is 0 Å². The highest BCUT2D eigenvalue weighted by Gasteiger charge is 2.31. The summed E-state index contributed by atoms with van der Waals surface area (Å²) in [5.74, 6) is -0.250. The molecule has 0 radical (unpaired) electrons. The Morgan fingerprint density at radius 3 is 2.65 bits per heavy atom. The predicted molar refractivity (Wildman–Crippen MR) is 73.4 cm³/mol. The summed E-state index contributed by atoms with van der Waals surface area (Å²) < 4.78 is 5.16. The van der Waals surface area contributed by atoms with Crippen LogP contribution in [0.3, 0.4) is 0 Å². The molecule has 114 valence electrons. The van der Waals surface area contributed by atoms with Crippen molar-refractivity contribution >= 4 is 11.9 Å². The molecule has 2 fully saturated rings. The Kier molecular flexibility index (Phi) is 5.37. The maximum absolute atomic E-state index is 12.0. The minimum atomic E-state index is -0.927. The lowest BCUT2D eigenvalue weighted by atomic mass is 9.87. The van der Waals surface area contributed by atoms with Crippen molar-refractivity contribution in [3.05, 3.63) is 0 Å². The van der Waals surface area contributed by atoms with E-state index >= 15 is 0 Å². The normalized spacial score (nSPS) is 31.8. The lowest BCUT2D eigenvalue weighted by Gasteiger charge is -2.33. The number of carboxylic acid groups (broad SMARTS) is 1. The number of aliphatic carboxylic acids is 1. The van der Waals surface area contributed by atoms with Crippen molar-refractivity contribution in [2.24, 2.45) is 5.92 Å². The molecular weight excluding hydrogens is 260 g/mol. The molecule has 0 aromatic rings. The van der Waals surface area contributed by atoms with Crippen molar-refractivity contribution in [2.45, 2.75) is 44.7 Å². The molecule has 1 aliphatic heterocycles. The largest absolute Gasteiger partial charge is 0.480 e. The van der Waals surface area contributed by atoms with Crippen LogP contribution in [-0.2, 0) is 14.3 Å². The first-order chi connectivity index (χ1) is 9.56. The van der Waals surface area contributed by atoms with Crippen LogP contribution in [0.25, 0.3) is 0 Å². The molecule has 1 heterocycles. The number of carbonyl (C=O) groups is 2. The van der Waals surface area contributed by atoms with Crippen molar-refractivity contribution < 1.29 is 19.4 Å². The van der Waals surface area contributed by atoms with Crippen molar-refractivity contribution in [1.29, 1.82) is 0 Å². The Labute approximate surface area is 119 Å². The van der Waals surface area contributed by atoms with Crippen LogP contribution in [-0.4, -0.2) is 60.3 Å². The average molecular weight is 284 g/mol. The molecule has 0 spiro atoms. The summed E-state index contributed by atoms with van der Waals surface area (Å²) in [5.41, 5.74) is 0. The van der Waals surface area contributed by atoms with Crippen molar-refractivity contribution in [3.8, 4) is 0 Å². The fourth-order valence-electron chi connectivity index (χ4n) is 2.92. The van der Waals surface area contributed by atoms with E-state index in [0.29, 0.717) is 13.2 Å². The Hall–Kier alpha value is -1.14. The van der Waals surface area contributed by atoms with Crippen molar-refractivity contribution in [2.75, 3.05) is 26.3 Å². The summed E-state index contributed by atoms with van der Waals surface area (Å²) >= 11 is 0. The first-order valence-corrected chi connectivity index (χ1v) is 7.40. The highest BCUT2D eigenvalue weighted by atomic mass is 16.5. The van der Waals surface area contributed by atoms with Gasteiger partial charge in [0.15, 0.2) is 0 Å². The fourth-order valence-corrected chi connectivity index (χ4v) is 2.92. The van der Waals surface area contributed by atoms with Crippen LogP contribution in [0.5, 0.6) is 0 Å². The summed E-state index contributed by atoms with van der Waals surface area (Å²) in [6.45, 7) is 3.52. The van der Waals surface area contributed by atoms with Gasteiger partial charge in [0.05, 0.1) is 19.8 Å². The summed E-state index contributed by atoms with van der Waals surface area (Å²) in [7, 11) is 0. The van der Waals surface area contributed by atoms with E-state index < -0.39 is 12.0 Å². The monoisotopic (exact) mass is 284 g/mol. The molecule has 6 nitrogen and oxygen atoms in total. The Morgan fingerprint density at radius 2 is 2.00 bits per heavy atom. The third-order valence-electron chi connectivity index (χ3n) is 4.25. The molecule has 1 aliphatic carbocycles. The number of ether oxygens (including phenoxy) is 1. The number of carboxylic acids is 1. The molecule has 2 rings (SSSR count). The Morgan fingerprint density at radius 1 is 1.30 bits per heavy atom. The van der Waals surface area contributed by atoms with Crippen LogP contribution < -0.4 is 5.32 Å². The zero-order valence-corrected chi connectivity index (χ0v) is 12.0. The molecule has 0 bridgehead atoms. The molecule has 6 heteroatoms. The lowest BCUT2D eigenvalue weighted by Crippen LogP contribution is -2.54. The second kappa shape index (κ2) is 7.04. The molecule has 2 N–H and O–H groups in total. The van der Waals surface area contributed by atoms with Gasteiger partial charge in [-0.3, -0.25) is 14.5 Å². The highest BCUT2D eigenvalue weighted by Crippen LogP contribution is 2.23. The zero-order chi connectivity index (χ0) is 14.5. The van der Waals surface area contributed by atoms with Gasteiger partial charge in [-0.15, -0.1) is 0 Å². The minimum Gasteiger partial charge on any atom is -0.480 e. The van der Waals surface area contributed by atoms with Gasteiger partial charge in [-0.25, -0.2) is 0 Å². The molecule has 1 amide bonds. The molecular formula is C14H24N2O4. The van der Waals surface area contributed by atoms with Gasteiger partial charge in [-0.2, -0.15) is 0 Å². The van der Waals surface area contributed by atoms with Crippen LogP contribution in [0.1, 0.15) is 32.6 Å². The number of nitrogens with one attached hydrogen (secondary N) is 1. The predicted octanol–water partition coefficient (Wildman–Crippen LogP) is 0.467. The molecule has 0 aromatic carbocycles. The number of hydrogen-bond acceptors (Lipinski definition) is 4. The molecule has 2 aliphatic rings. The van der Waals surface area contributed by atoms with Crippen LogP contribution in [0.4, 0.5) is 0 Å². The van der Waals surface area contributed by atoms with Gasteiger partial charge < -0.3 is 15.2 Å². The molecule has 1 saturated heterocycles. The lowest BCUT2D eigenvalue weighted by molar-refractivity contribution is -0.150. The van der Waals surface area contributed by atoms with Gasteiger partial charge in [-0.05, 0) is 31.6 Å². The van der Waals surface area contributed by atoms with Gasteiger partial charge in [0.1, 0.15) is 6.04 Å². The van der Waals surface area contributed by atoms with E-state index in [1.54, 1.807) is 4.90 Å². The quantitative estimate of drug-likeness (QED) is 0.784. The second-order valence-corrected chi connectivity index (χ2v) is 5.92. The average Bonchev–Trinajstić information content (AvgIpc) is 2.41. The van der Waals surface area contributed by atoms with E-state index in [0.717, 1.165) is 31.6 Å². The van der Waals surface area contributed by atoms with E-state index in [-0.39, 0.29) is 25.1 Å². The zero-order valence-electron chi connectivity index (χ0n) is 12.0. The molecule has 1 saturated carbocycles. The third kappa shape index (κ3) is 4.18. The second-order valence-electron chi connectivity index (χ2n) is 5.92. The standard InChI is InChI=1S/C14H24N2O4/c1-10-2-4-11(5-3-10)15-13(17)8-16-6-7-20-9-12(16)14(18)19/h10-12H,2-9H2,1H3,(H,15,17)(H,18,19). The summed E-state index contributed by atoms with van der Waals surface area (Å²) in [6, 6.07) is -0.455. The fraction of sp³-hybridized carbons (Fsp3) is 0.857. The first kappa shape index (κ1) is 15.3. The molecule has 1 atom stereocenters. The van der Waals surface area contributed by atoms with E-state index in [4.69, 9.17) is 9.84 Å². The van der Waals surface area contributed by atoms with Crippen LogP contribution >= 0.6 is 0 Å². The van der Waals surface area contributed by atoms with Gasteiger partial charge in [0.25, 0.3) is 0 Å². The molecule has 0 aromatic heterocycles. The number of nitrogens with zero attached hydrogens (tertiary/aromatic N) is 1. The number of hydrogen-bond donors (Lipinski definition) is 2. The third-order valence-corrected chi connectivity index (χ3v) is 4.25. The smallest absolute Gasteiger partial charge is 0.323 e. The molecule has 1 unspecified atom stereocenters. The van der Waals surface area contributed by atoms with E-state index in [9.17, 15) is 9.59 Å².